The number of hydrogen-bond acceptors (Lipinski definition) is 5. The summed E-state index contributed by atoms with van der Waals surface area (Å²) in [6.07, 6.45) is 2.73. The number of nitrogens with one attached hydrogen (secondary N) is 1. The summed E-state index contributed by atoms with van der Waals surface area (Å²) in [5, 5.41) is 21.2. The second-order valence-corrected chi connectivity index (χ2v) is 5.12. The molecular weight excluding hydrogens is 272 g/mol. The Morgan fingerprint density at radius 1 is 1.38 bits per heavy atom. The Balaban J connectivity index is 2.65. The summed E-state index contributed by atoms with van der Waals surface area (Å²) in [7, 11) is 0. The third-order valence-electron chi connectivity index (χ3n) is 3.47. The molecule has 6 nitrogen and oxygen atoms in total. The molecule has 21 heavy (non-hydrogen) atoms. The zero-order valence-corrected chi connectivity index (χ0v) is 12.2. The summed E-state index contributed by atoms with van der Waals surface area (Å²) in [5.74, 6) is -0.962. The quantitative estimate of drug-likeness (QED) is 0.550. The topological polar surface area (TPSA) is 113 Å². The number of nitrogens with two attached hydrogens (primary N) is 1. The second kappa shape index (κ2) is 7.64. The fourth-order valence-electron chi connectivity index (χ4n) is 1.83. The molecule has 115 valence electrons. The van der Waals surface area contributed by atoms with Crippen LogP contribution in [0.1, 0.15) is 25.8 Å². The zero-order valence-electron chi connectivity index (χ0n) is 12.2. The van der Waals surface area contributed by atoms with Crippen molar-refractivity contribution >= 4 is 12.2 Å². The summed E-state index contributed by atoms with van der Waals surface area (Å²) < 4.78 is 0. The second-order valence-electron chi connectivity index (χ2n) is 5.12. The van der Waals surface area contributed by atoms with E-state index in [0.717, 1.165) is 6.42 Å². The van der Waals surface area contributed by atoms with Crippen molar-refractivity contribution in [2.45, 2.75) is 38.8 Å². The monoisotopic (exact) mass is 293 g/mol. The number of carbonyl (C=O) groups is 1. The maximum atomic E-state index is 12.0. The van der Waals surface area contributed by atoms with Crippen molar-refractivity contribution in [2.75, 3.05) is 0 Å². The van der Waals surface area contributed by atoms with Crippen molar-refractivity contribution in [3.63, 3.8) is 0 Å². The van der Waals surface area contributed by atoms with Crippen LogP contribution >= 0.6 is 0 Å². The number of carbonyl (C=O) groups excluding carboxylic acids is 2. The minimum Gasteiger partial charge on any atom is -0.504 e. The van der Waals surface area contributed by atoms with Gasteiger partial charge in [-0.3, -0.25) is 9.59 Å². The van der Waals surface area contributed by atoms with Gasteiger partial charge in [0.15, 0.2) is 11.5 Å². The minimum atomic E-state index is -0.853. The number of hydrogen-bond donors (Lipinski definition) is 4. The van der Waals surface area contributed by atoms with Crippen LogP contribution in [0.4, 0.5) is 0 Å². The van der Waals surface area contributed by atoms with E-state index in [0.29, 0.717) is 5.56 Å². The molecule has 0 saturated carbocycles. The van der Waals surface area contributed by atoms with E-state index in [9.17, 15) is 19.8 Å². The van der Waals surface area contributed by atoms with Gasteiger partial charge in [-0.05, 0) is 30.0 Å². The molecule has 0 aliphatic rings. The molecule has 0 heterocycles. The van der Waals surface area contributed by atoms with Crippen LogP contribution in [-0.2, 0) is 16.0 Å². The summed E-state index contributed by atoms with van der Waals surface area (Å²) in [5.41, 5.74) is 6.41. The van der Waals surface area contributed by atoms with Crippen LogP contribution < -0.4 is 11.1 Å². The van der Waals surface area contributed by atoms with E-state index in [1.54, 1.807) is 6.07 Å². The first-order valence-electron chi connectivity index (χ1n) is 6.83. The SMILES string of the molecule is CC[C@H](C)[C@@H]([C]=O)NC(=O)[C@@H](N)Cc1ccc(O)c(O)c1. The van der Waals surface area contributed by atoms with Crippen LogP contribution in [0.15, 0.2) is 18.2 Å². The van der Waals surface area contributed by atoms with Crippen molar-refractivity contribution in [1.29, 1.82) is 0 Å². The highest BCUT2D eigenvalue weighted by Gasteiger charge is 2.22. The molecule has 0 bridgehead atoms. The molecule has 0 aliphatic carbocycles. The number of amides is 1. The maximum absolute atomic E-state index is 12.0. The number of rotatable bonds is 7. The molecule has 0 aromatic heterocycles. The van der Waals surface area contributed by atoms with Crippen molar-refractivity contribution in [3.8, 4) is 11.5 Å². The van der Waals surface area contributed by atoms with Gasteiger partial charge in [0.05, 0.1) is 12.1 Å². The van der Waals surface area contributed by atoms with Gasteiger partial charge in [0, 0.05) is 0 Å². The third-order valence-corrected chi connectivity index (χ3v) is 3.47. The summed E-state index contributed by atoms with van der Waals surface area (Å²) in [6.45, 7) is 3.76. The molecule has 0 unspecified atom stereocenters. The van der Waals surface area contributed by atoms with Crippen LogP contribution in [0, 0.1) is 5.92 Å². The van der Waals surface area contributed by atoms with Gasteiger partial charge in [-0.1, -0.05) is 26.3 Å². The van der Waals surface area contributed by atoms with Crippen LogP contribution in [0.3, 0.4) is 0 Å². The highest BCUT2D eigenvalue weighted by atomic mass is 16.3. The van der Waals surface area contributed by atoms with Crippen molar-refractivity contribution < 1.29 is 19.8 Å². The van der Waals surface area contributed by atoms with Gasteiger partial charge in [0.1, 0.15) is 0 Å². The summed E-state index contributed by atoms with van der Waals surface area (Å²) in [6, 6.07) is 2.72. The van der Waals surface area contributed by atoms with Gasteiger partial charge < -0.3 is 21.3 Å². The smallest absolute Gasteiger partial charge is 0.237 e. The number of phenolic OH excluding ortho intramolecular Hbond substituents is 2. The number of aromatic hydroxyl groups is 2. The average molecular weight is 293 g/mol. The van der Waals surface area contributed by atoms with Crippen LogP contribution in [0.2, 0.25) is 0 Å². The number of phenols is 2. The first-order chi connectivity index (χ1) is 9.88. The van der Waals surface area contributed by atoms with Gasteiger partial charge in [-0.15, -0.1) is 0 Å². The summed E-state index contributed by atoms with van der Waals surface area (Å²) in [4.78, 5) is 22.8. The molecule has 6 heteroatoms. The molecule has 5 N–H and O–H groups in total. The molecule has 0 fully saturated rings. The van der Waals surface area contributed by atoms with Gasteiger partial charge in [0.25, 0.3) is 0 Å². The maximum Gasteiger partial charge on any atom is 0.237 e. The normalized spacial score (nSPS) is 15.0. The number of benzene rings is 1. The average Bonchev–Trinajstić information content (AvgIpc) is 2.47. The van der Waals surface area contributed by atoms with E-state index in [2.05, 4.69) is 5.32 Å². The Hall–Kier alpha value is -2.08. The van der Waals surface area contributed by atoms with E-state index < -0.39 is 18.0 Å². The van der Waals surface area contributed by atoms with E-state index in [1.165, 1.54) is 12.1 Å². The molecule has 1 aromatic rings. The van der Waals surface area contributed by atoms with Gasteiger partial charge in [-0.2, -0.15) is 0 Å². The zero-order chi connectivity index (χ0) is 16.0. The van der Waals surface area contributed by atoms with Crippen LogP contribution in [-0.4, -0.2) is 34.5 Å². The molecule has 1 radical (unpaired) electrons. The van der Waals surface area contributed by atoms with E-state index in [1.807, 2.05) is 20.1 Å². The van der Waals surface area contributed by atoms with Crippen molar-refractivity contribution in [2.24, 2.45) is 11.7 Å². The molecule has 1 aromatic carbocycles. The van der Waals surface area contributed by atoms with Gasteiger partial charge >= 0.3 is 0 Å². The molecule has 3 atom stereocenters. The van der Waals surface area contributed by atoms with Gasteiger partial charge in [0.2, 0.25) is 12.2 Å². The molecule has 0 saturated heterocycles. The fraction of sp³-hybridized carbons (Fsp3) is 0.467. The van der Waals surface area contributed by atoms with E-state index in [-0.39, 0.29) is 23.8 Å². The Bertz CT molecular complexity index is 504. The molecule has 1 amide bonds. The first-order valence-corrected chi connectivity index (χ1v) is 6.83. The van der Waals surface area contributed by atoms with Crippen LogP contribution in [0.5, 0.6) is 11.5 Å². The van der Waals surface area contributed by atoms with E-state index in [4.69, 9.17) is 5.73 Å². The Morgan fingerprint density at radius 2 is 2.05 bits per heavy atom. The minimum absolute atomic E-state index is 0.0173. The first kappa shape index (κ1) is 17.0. The highest BCUT2D eigenvalue weighted by molar-refractivity contribution is 5.84. The Kier molecular flexibility index (Phi) is 6.17. The molecule has 0 spiro atoms. The third kappa shape index (κ3) is 4.75. The fourth-order valence-corrected chi connectivity index (χ4v) is 1.83. The lowest BCUT2D eigenvalue weighted by Gasteiger charge is -2.20. The molecule has 0 aliphatic heterocycles. The van der Waals surface area contributed by atoms with Crippen molar-refractivity contribution in [1.82, 2.24) is 5.32 Å². The largest absolute Gasteiger partial charge is 0.504 e. The standard InChI is InChI=1S/C15H21N2O4/c1-3-9(2)12(8-18)17-15(21)11(16)6-10-4-5-13(19)14(20)7-10/h4-5,7,9,11-12,19-20H,3,6,16H2,1-2H3,(H,17,21)/t9-,11-,12+/m0/s1. The predicted octanol–water partition coefficient (Wildman–Crippen LogP) is 0.608. The van der Waals surface area contributed by atoms with Crippen LogP contribution in [0.25, 0.3) is 0 Å². The highest BCUT2D eigenvalue weighted by Crippen LogP contribution is 2.25. The lowest BCUT2D eigenvalue weighted by atomic mass is 9.99. The lowest BCUT2D eigenvalue weighted by molar-refractivity contribution is -0.122. The molecule has 1 rings (SSSR count). The van der Waals surface area contributed by atoms with Crippen molar-refractivity contribution in [3.05, 3.63) is 23.8 Å². The summed E-state index contributed by atoms with van der Waals surface area (Å²) >= 11 is 0. The Labute approximate surface area is 124 Å². The van der Waals surface area contributed by atoms with Gasteiger partial charge in [-0.25, -0.2) is 0 Å². The Morgan fingerprint density at radius 3 is 2.57 bits per heavy atom. The van der Waals surface area contributed by atoms with E-state index >= 15 is 0 Å². The lowest BCUT2D eigenvalue weighted by Crippen LogP contribution is -2.49. The predicted molar refractivity (Wildman–Crippen MR) is 78.5 cm³/mol. The molecular formula is C15H21N2O4.